The zero-order chi connectivity index (χ0) is 26.9. The second-order valence-electron chi connectivity index (χ2n) is 12.7. The number of ether oxygens (including phenoxy) is 1. The van der Waals surface area contributed by atoms with E-state index < -0.39 is 11.4 Å². The first kappa shape index (κ1) is 27.5. The number of hydrogen-bond acceptors (Lipinski definition) is 5. The molecule has 2 amide bonds. The number of nitrogens with one attached hydrogen (secondary N) is 1. The summed E-state index contributed by atoms with van der Waals surface area (Å²) in [5.41, 5.74) is -0.353. The van der Waals surface area contributed by atoms with Gasteiger partial charge in [0.15, 0.2) is 0 Å². The molecular weight excluding hydrogens is 472 g/mol. The van der Waals surface area contributed by atoms with Crippen LogP contribution in [0.5, 0.6) is 5.88 Å². The fraction of sp³-hybridized carbons (Fsp3) is 0.786. The molecule has 1 aromatic heterocycles. The lowest BCUT2D eigenvalue weighted by Crippen LogP contribution is -2.42. The minimum absolute atomic E-state index is 0.124. The van der Waals surface area contributed by atoms with Crippen LogP contribution < -0.4 is 10.1 Å². The molecule has 3 aliphatic carbocycles. The van der Waals surface area contributed by atoms with Gasteiger partial charge in [-0.1, -0.05) is 40.5 Å². The van der Waals surface area contributed by atoms with Crippen LogP contribution in [0.3, 0.4) is 0 Å². The van der Waals surface area contributed by atoms with Gasteiger partial charge in [-0.25, -0.2) is 4.68 Å². The molecule has 0 saturated heterocycles. The van der Waals surface area contributed by atoms with Crippen LogP contribution in [-0.2, 0) is 16.1 Å². The van der Waals surface area contributed by atoms with Crippen LogP contribution >= 0.6 is 0 Å². The summed E-state index contributed by atoms with van der Waals surface area (Å²) in [6.45, 7) is 8.19. The second kappa shape index (κ2) is 11.0. The maximum absolute atomic E-state index is 13.6. The van der Waals surface area contributed by atoms with Crippen molar-refractivity contribution in [3.63, 3.8) is 0 Å². The molecule has 206 valence electrons. The van der Waals surface area contributed by atoms with Gasteiger partial charge < -0.3 is 20.1 Å². The molecule has 1 heterocycles. The summed E-state index contributed by atoms with van der Waals surface area (Å²) in [7, 11) is 1.50. The van der Waals surface area contributed by atoms with Gasteiger partial charge in [-0.3, -0.25) is 14.4 Å². The zero-order valence-corrected chi connectivity index (χ0v) is 23.0. The number of aromatic nitrogens is 2. The Balaban J connectivity index is 1.48. The Labute approximate surface area is 220 Å². The number of carbonyl (C=O) groups excluding carboxylic acids is 2. The molecule has 0 aromatic carbocycles. The summed E-state index contributed by atoms with van der Waals surface area (Å²) >= 11 is 0. The molecule has 5 atom stereocenters. The third kappa shape index (κ3) is 6.12. The SMILES string of the molecule is CC(C)COc1c(C(=O)NC2C3CC4CCCC2C(C4)C3)cnn1CCC(C)(C)C(=O)N(C)CC(=O)O. The molecule has 9 heteroatoms. The molecule has 3 aliphatic rings. The average Bonchev–Trinajstić information content (AvgIpc) is 3.28. The van der Waals surface area contributed by atoms with Crippen molar-refractivity contribution < 1.29 is 24.2 Å². The Morgan fingerprint density at radius 1 is 1.22 bits per heavy atom. The summed E-state index contributed by atoms with van der Waals surface area (Å²) in [5.74, 6) is 2.01. The lowest BCUT2D eigenvalue weighted by atomic mass is 9.79. The van der Waals surface area contributed by atoms with E-state index in [4.69, 9.17) is 9.84 Å². The largest absolute Gasteiger partial charge is 0.480 e. The standard InChI is InChI=1S/C28H44N4O5/c1-17(2)16-37-26-22(14-29-32(26)10-9-28(3,4)27(36)31(5)15-23(33)34)25(35)30-24-20-12-18-7-6-8-21(24)19(11-18)13-20/h14,17-21,24H,6-13,15-16H2,1-5H3,(H,30,35)(H,33,34). The first-order valence-electron chi connectivity index (χ1n) is 13.9. The minimum Gasteiger partial charge on any atom is -0.480 e. The molecule has 0 radical (unpaired) electrons. The lowest BCUT2D eigenvalue weighted by Gasteiger charge is -2.30. The number of hydrogen-bond donors (Lipinski definition) is 2. The lowest BCUT2D eigenvalue weighted by molar-refractivity contribution is -0.147. The van der Waals surface area contributed by atoms with Crippen LogP contribution in [0.4, 0.5) is 0 Å². The van der Waals surface area contributed by atoms with E-state index in [1.807, 2.05) is 0 Å². The summed E-state index contributed by atoms with van der Waals surface area (Å²) in [5, 5.41) is 16.9. The Morgan fingerprint density at radius 3 is 2.65 bits per heavy atom. The first-order chi connectivity index (χ1) is 17.5. The summed E-state index contributed by atoms with van der Waals surface area (Å²) in [4.78, 5) is 38.7. The molecule has 4 rings (SSSR count). The van der Waals surface area contributed by atoms with Crippen molar-refractivity contribution in [2.24, 2.45) is 35.0 Å². The number of aliphatic carboxylic acids is 1. The van der Waals surface area contributed by atoms with Crippen LogP contribution in [0.2, 0.25) is 0 Å². The monoisotopic (exact) mass is 516 g/mol. The highest BCUT2D eigenvalue weighted by Crippen LogP contribution is 2.53. The number of likely N-dealkylation sites (N-methyl/N-ethyl adjacent to an activating group) is 1. The van der Waals surface area contributed by atoms with E-state index >= 15 is 0 Å². The Bertz CT molecular complexity index is 1000. The van der Waals surface area contributed by atoms with Gasteiger partial charge in [0.2, 0.25) is 11.8 Å². The molecule has 3 fully saturated rings. The number of carboxylic acid groups (broad SMARTS) is 1. The normalized spacial score (nSPS) is 26.7. The van der Waals surface area contributed by atoms with Crippen LogP contribution in [0, 0.1) is 35.0 Å². The molecule has 2 N–H and O–H groups in total. The van der Waals surface area contributed by atoms with Crippen molar-refractivity contribution in [2.45, 2.75) is 85.2 Å². The number of carbonyl (C=O) groups is 3. The van der Waals surface area contributed by atoms with Crippen LogP contribution in [0.15, 0.2) is 6.20 Å². The highest BCUT2D eigenvalue weighted by molar-refractivity contribution is 5.96. The molecule has 37 heavy (non-hydrogen) atoms. The smallest absolute Gasteiger partial charge is 0.323 e. The number of aryl methyl sites for hydroxylation is 1. The number of carboxylic acids is 1. The van der Waals surface area contributed by atoms with Gasteiger partial charge >= 0.3 is 5.97 Å². The number of rotatable bonds is 11. The fourth-order valence-corrected chi connectivity index (χ4v) is 6.94. The predicted octanol–water partition coefficient (Wildman–Crippen LogP) is 3.82. The molecule has 9 nitrogen and oxygen atoms in total. The van der Waals surface area contributed by atoms with Gasteiger partial charge in [0, 0.05) is 25.0 Å². The minimum atomic E-state index is -1.05. The third-order valence-electron chi connectivity index (χ3n) is 8.74. The van der Waals surface area contributed by atoms with Gasteiger partial charge in [0.05, 0.1) is 12.8 Å². The van der Waals surface area contributed by atoms with Gasteiger partial charge in [-0.2, -0.15) is 5.10 Å². The third-order valence-corrected chi connectivity index (χ3v) is 8.74. The summed E-state index contributed by atoms with van der Waals surface area (Å²) < 4.78 is 7.79. The number of fused-ring (bicyclic) bond motifs is 2. The van der Waals surface area contributed by atoms with Gasteiger partial charge in [-0.15, -0.1) is 0 Å². The molecule has 3 bridgehead atoms. The quantitative estimate of drug-likeness (QED) is 0.462. The van der Waals surface area contributed by atoms with Crippen LogP contribution in [-0.4, -0.2) is 63.8 Å². The topological polar surface area (TPSA) is 114 Å². The van der Waals surface area contributed by atoms with Crippen LogP contribution in [0.1, 0.15) is 83.0 Å². The Kier molecular flexibility index (Phi) is 8.19. The van der Waals surface area contributed by atoms with Crippen molar-refractivity contribution in [3.8, 4) is 5.88 Å². The van der Waals surface area contributed by atoms with Crippen molar-refractivity contribution in [1.29, 1.82) is 0 Å². The van der Waals surface area contributed by atoms with E-state index in [9.17, 15) is 14.4 Å². The fourth-order valence-electron chi connectivity index (χ4n) is 6.94. The van der Waals surface area contributed by atoms with Gasteiger partial charge in [0.1, 0.15) is 12.1 Å². The molecule has 5 unspecified atom stereocenters. The molecule has 0 spiro atoms. The Morgan fingerprint density at radius 2 is 1.95 bits per heavy atom. The van der Waals surface area contributed by atoms with E-state index in [0.717, 1.165) is 11.8 Å². The molecule has 1 aromatic rings. The van der Waals surface area contributed by atoms with E-state index in [2.05, 4.69) is 24.3 Å². The Hall–Kier alpha value is -2.58. The van der Waals surface area contributed by atoms with E-state index in [1.165, 1.54) is 50.5 Å². The first-order valence-corrected chi connectivity index (χ1v) is 13.9. The predicted molar refractivity (Wildman–Crippen MR) is 139 cm³/mol. The molecular formula is C28H44N4O5. The second-order valence-corrected chi connectivity index (χ2v) is 12.7. The molecule has 0 aliphatic heterocycles. The van der Waals surface area contributed by atoms with Crippen molar-refractivity contribution >= 4 is 17.8 Å². The molecule has 3 saturated carbocycles. The highest BCUT2D eigenvalue weighted by Gasteiger charge is 2.49. The van der Waals surface area contributed by atoms with Gasteiger partial charge in [-0.05, 0) is 61.7 Å². The van der Waals surface area contributed by atoms with Gasteiger partial charge in [0.25, 0.3) is 5.91 Å². The summed E-state index contributed by atoms with van der Waals surface area (Å²) in [6.07, 6.45) is 9.61. The summed E-state index contributed by atoms with van der Waals surface area (Å²) in [6, 6.07) is 0.227. The number of amides is 2. The van der Waals surface area contributed by atoms with Crippen molar-refractivity contribution in [1.82, 2.24) is 20.0 Å². The number of nitrogens with zero attached hydrogens (tertiary/aromatic N) is 3. The highest BCUT2D eigenvalue weighted by atomic mass is 16.5. The zero-order valence-electron chi connectivity index (χ0n) is 23.0. The average molecular weight is 517 g/mol. The van der Waals surface area contributed by atoms with E-state index in [-0.39, 0.29) is 30.3 Å². The maximum Gasteiger partial charge on any atom is 0.323 e. The van der Waals surface area contributed by atoms with Crippen LogP contribution in [0.25, 0.3) is 0 Å². The van der Waals surface area contributed by atoms with Crippen molar-refractivity contribution in [3.05, 3.63) is 11.8 Å². The van der Waals surface area contributed by atoms with Crippen molar-refractivity contribution in [2.75, 3.05) is 20.2 Å². The van der Waals surface area contributed by atoms with E-state index in [1.54, 1.807) is 24.7 Å². The maximum atomic E-state index is 13.6. The van der Waals surface area contributed by atoms with E-state index in [0.29, 0.717) is 42.9 Å².